The average molecular weight is 505 g/mol. The number of piperidine rings is 1. The summed E-state index contributed by atoms with van der Waals surface area (Å²) < 4.78 is 0. The molecule has 5 amide bonds. The minimum absolute atomic E-state index is 0.0555. The normalized spacial score (nSPS) is 13.4. The zero-order valence-electron chi connectivity index (χ0n) is 21.6. The number of likely N-dealkylation sites (tertiary alicyclic amines) is 1. The van der Waals surface area contributed by atoms with Gasteiger partial charge in [-0.3, -0.25) is 4.79 Å². The second kappa shape index (κ2) is 13.9. The average Bonchev–Trinajstić information content (AvgIpc) is 2.92. The summed E-state index contributed by atoms with van der Waals surface area (Å²) in [5, 5.41) is 20.0. The van der Waals surface area contributed by atoms with Crippen LogP contribution in [-0.4, -0.2) is 55.6 Å². The fraction of sp³-hybridized carbons (Fsp3) is 0.429. The predicted octanol–water partition coefficient (Wildman–Crippen LogP) is 4.11. The Balaban J connectivity index is 1.47. The van der Waals surface area contributed by atoms with Gasteiger partial charge in [0, 0.05) is 44.0 Å². The van der Waals surface area contributed by atoms with Crippen LogP contribution in [0.1, 0.15) is 65.6 Å². The summed E-state index contributed by atoms with van der Waals surface area (Å²) >= 11 is 0. The molecular weight excluding hydrogens is 468 g/mol. The van der Waals surface area contributed by atoms with Crippen molar-refractivity contribution in [2.45, 2.75) is 45.4 Å². The highest BCUT2D eigenvalue weighted by molar-refractivity contribution is 5.97. The molecule has 37 heavy (non-hydrogen) atoms. The van der Waals surface area contributed by atoms with Gasteiger partial charge in [-0.25, -0.2) is 9.59 Å². The van der Waals surface area contributed by atoms with E-state index in [1.165, 1.54) is 5.56 Å². The molecule has 0 aromatic heterocycles. The van der Waals surface area contributed by atoms with Crippen LogP contribution in [0.3, 0.4) is 0 Å². The van der Waals surface area contributed by atoms with Gasteiger partial charge in [-0.15, -0.1) is 0 Å². The molecule has 1 saturated heterocycles. The molecule has 0 radical (unpaired) electrons. The van der Waals surface area contributed by atoms with Crippen LogP contribution in [0.4, 0.5) is 15.3 Å². The summed E-state index contributed by atoms with van der Waals surface area (Å²) in [4.78, 5) is 39.0. The van der Waals surface area contributed by atoms with Crippen molar-refractivity contribution >= 4 is 23.7 Å². The van der Waals surface area contributed by atoms with Crippen LogP contribution in [0.15, 0.2) is 42.5 Å². The molecule has 196 valence electrons. The van der Waals surface area contributed by atoms with E-state index in [9.17, 15) is 14.4 Å². The first-order valence-electron chi connectivity index (χ1n) is 12.9. The third kappa shape index (κ3) is 8.24. The number of hydrogen-bond acceptors (Lipinski definition) is 4. The number of nitrogens with one attached hydrogen (secondary N) is 4. The fourth-order valence-corrected chi connectivity index (χ4v) is 4.28. The number of rotatable bonds is 9. The van der Waals surface area contributed by atoms with E-state index < -0.39 is 6.03 Å². The Kier molecular flexibility index (Phi) is 10.3. The number of carbonyl (C=O) groups is 3. The summed E-state index contributed by atoms with van der Waals surface area (Å²) in [7, 11) is 0. The number of nitrogens with zero attached hydrogens (tertiary/aromatic N) is 2. The van der Waals surface area contributed by atoms with Crippen molar-refractivity contribution in [1.29, 1.82) is 5.26 Å². The van der Waals surface area contributed by atoms with E-state index in [2.05, 4.69) is 34.3 Å². The minimum atomic E-state index is -0.399. The van der Waals surface area contributed by atoms with E-state index in [4.69, 9.17) is 5.26 Å². The van der Waals surface area contributed by atoms with Crippen molar-refractivity contribution in [3.05, 3.63) is 64.7 Å². The lowest BCUT2D eigenvalue weighted by Gasteiger charge is -2.32. The first kappa shape index (κ1) is 27.5. The Labute approximate surface area is 218 Å². The highest BCUT2D eigenvalue weighted by atomic mass is 16.2. The summed E-state index contributed by atoms with van der Waals surface area (Å²) in [5.74, 6) is 0.313. The van der Waals surface area contributed by atoms with Crippen LogP contribution >= 0.6 is 0 Å². The van der Waals surface area contributed by atoms with Gasteiger partial charge >= 0.3 is 12.1 Å². The lowest BCUT2D eigenvalue weighted by molar-refractivity contribution is 0.0713. The summed E-state index contributed by atoms with van der Waals surface area (Å²) in [5.41, 5.74) is 3.80. The molecule has 0 spiro atoms. The quantitative estimate of drug-likeness (QED) is 0.383. The minimum Gasteiger partial charge on any atom is -0.339 e. The van der Waals surface area contributed by atoms with Gasteiger partial charge in [-0.05, 0) is 67.5 Å². The highest BCUT2D eigenvalue weighted by Gasteiger charge is 2.25. The van der Waals surface area contributed by atoms with E-state index in [1.54, 1.807) is 12.1 Å². The Hall–Kier alpha value is -4.06. The number of urea groups is 2. The highest BCUT2D eigenvalue weighted by Crippen LogP contribution is 2.29. The van der Waals surface area contributed by atoms with Gasteiger partial charge in [0.2, 0.25) is 0 Å². The molecule has 0 unspecified atom stereocenters. The number of benzene rings is 2. The smallest absolute Gasteiger partial charge is 0.319 e. The molecule has 0 atom stereocenters. The van der Waals surface area contributed by atoms with Gasteiger partial charge in [0.1, 0.15) is 0 Å². The van der Waals surface area contributed by atoms with Gasteiger partial charge < -0.3 is 26.2 Å². The molecule has 1 fully saturated rings. The summed E-state index contributed by atoms with van der Waals surface area (Å²) in [6, 6.07) is 14.5. The second-order valence-electron chi connectivity index (χ2n) is 9.25. The Morgan fingerprint density at radius 2 is 1.59 bits per heavy atom. The van der Waals surface area contributed by atoms with Crippen LogP contribution in [0.5, 0.6) is 0 Å². The maximum Gasteiger partial charge on any atom is 0.319 e. The zero-order chi connectivity index (χ0) is 26.6. The maximum atomic E-state index is 13.2. The topological polar surface area (TPSA) is 126 Å². The van der Waals surface area contributed by atoms with Crippen LogP contribution in [0.25, 0.3) is 0 Å². The van der Waals surface area contributed by atoms with Crippen LogP contribution in [0.2, 0.25) is 0 Å². The van der Waals surface area contributed by atoms with E-state index in [-0.39, 0.29) is 18.5 Å². The Morgan fingerprint density at radius 3 is 2.24 bits per heavy atom. The first-order chi connectivity index (χ1) is 17.9. The maximum absolute atomic E-state index is 13.2. The Bertz CT molecular complexity index is 1120. The molecule has 1 aliphatic heterocycles. The molecule has 0 bridgehead atoms. The van der Waals surface area contributed by atoms with Crippen molar-refractivity contribution in [1.82, 2.24) is 20.9 Å². The zero-order valence-corrected chi connectivity index (χ0v) is 21.6. The van der Waals surface area contributed by atoms with Crippen LogP contribution < -0.4 is 21.3 Å². The van der Waals surface area contributed by atoms with Gasteiger partial charge in [0.05, 0.1) is 11.6 Å². The lowest BCUT2D eigenvalue weighted by atomic mass is 9.89. The number of amides is 5. The molecule has 0 saturated carbocycles. The molecule has 9 heteroatoms. The van der Waals surface area contributed by atoms with Crippen molar-refractivity contribution in [2.24, 2.45) is 0 Å². The van der Waals surface area contributed by atoms with Crippen molar-refractivity contribution < 1.29 is 14.4 Å². The van der Waals surface area contributed by atoms with Gasteiger partial charge in [0.15, 0.2) is 0 Å². The molecule has 2 aromatic carbocycles. The second-order valence-corrected chi connectivity index (χ2v) is 9.25. The van der Waals surface area contributed by atoms with Gasteiger partial charge in [0.25, 0.3) is 5.91 Å². The van der Waals surface area contributed by atoms with E-state index in [0.717, 1.165) is 31.2 Å². The van der Waals surface area contributed by atoms with Crippen molar-refractivity contribution in [3.63, 3.8) is 0 Å². The number of hydrogen-bond donors (Lipinski definition) is 4. The monoisotopic (exact) mass is 504 g/mol. The molecule has 2 aromatic rings. The number of unbranched alkanes of at least 4 members (excludes halogenated alkanes) is 1. The number of nitriles is 1. The molecule has 4 N–H and O–H groups in total. The van der Waals surface area contributed by atoms with E-state index in [1.807, 2.05) is 42.2 Å². The molecule has 0 aliphatic carbocycles. The number of carbonyl (C=O) groups excluding carboxylic acids is 3. The third-order valence-electron chi connectivity index (χ3n) is 6.54. The Morgan fingerprint density at radius 1 is 0.946 bits per heavy atom. The van der Waals surface area contributed by atoms with E-state index in [0.29, 0.717) is 48.9 Å². The molecule has 3 rings (SSSR count). The lowest BCUT2D eigenvalue weighted by Crippen LogP contribution is -2.41. The molecular formula is C28H36N6O3. The fourth-order valence-electron chi connectivity index (χ4n) is 4.28. The number of aryl methyl sites for hydroxylation is 1. The summed E-state index contributed by atoms with van der Waals surface area (Å²) in [6.45, 7) is 6.44. The molecule has 1 heterocycles. The van der Waals surface area contributed by atoms with Gasteiger partial charge in [-0.2, -0.15) is 5.26 Å². The third-order valence-corrected chi connectivity index (χ3v) is 6.54. The van der Waals surface area contributed by atoms with Gasteiger partial charge in [-0.1, -0.05) is 31.5 Å². The molecule has 1 aliphatic rings. The van der Waals surface area contributed by atoms with Crippen LogP contribution in [0, 0.1) is 18.3 Å². The van der Waals surface area contributed by atoms with E-state index >= 15 is 0 Å². The first-order valence-corrected chi connectivity index (χ1v) is 12.9. The molecule has 9 nitrogen and oxygen atoms in total. The summed E-state index contributed by atoms with van der Waals surface area (Å²) in [6.07, 6.45) is 3.65. The van der Waals surface area contributed by atoms with Crippen molar-refractivity contribution in [3.8, 4) is 6.07 Å². The van der Waals surface area contributed by atoms with Crippen molar-refractivity contribution in [2.75, 3.05) is 38.0 Å². The predicted molar refractivity (Wildman–Crippen MR) is 144 cm³/mol. The largest absolute Gasteiger partial charge is 0.339 e. The standard InChI is InChI=1S/C28H36N6O3/c1-3-4-13-30-27(36)31-14-15-32-28(37)33-25-18-24(8-5-20(25)2)26(35)34-16-11-23(12-17-34)22-9-6-21(19-29)7-10-22/h5-10,18,23H,3-4,11-17H2,1-2H3,(H2,30,31,36)(H2,32,33,37). The number of anilines is 1. The van der Waals surface area contributed by atoms with Crippen LogP contribution in [-0.2, 0) is 0 Å². The SMILES string of the molecule is CCCCNC(=O)NCCNC(=O)Nc1cc(C(=O)N2CCC(c3ccc(C#N)cc3)CC2)ccc1C.